The molecule has 0 aromatic heterocycles. The van der Waals surface area contributed by atoms with E-state index in [1.165, 1.54) is 23.6 Å². The molecule has 0 amide bonds. The lowest BCUT2D eigenvalue weighted by atomic mass is 9.94. The number of likely N-dealkylation sites (tertiary alicyclic amines) is 1. The molecule has 6 nitrogen and oxygen atoms in total. The van der Waals surface area contributed by atoms with Crippen molar-refractivity contribution in [2.45, 2.75) is 58.6 Å². The Hall–Kier alpha value is -1.31. The summed E-state index contributed by atoms with van der Waals surface area (Å²) in [6.07, 6.45) is 4.70. The molecular weight excluding hydrogens is 352 g/mol. The number of fused-ring (bicyclic) bond motifs is 1. The van der Waals surface area contributed by atoms with Crippen LogP contribution in [0.3, 0.4) is 0 Å². The van der Waals surface area contributed by atoms with E-state index in [4.69, 9.17) is 8.92 Å². The van der Waals surface area contributed by atoms with Crippen LogP contribution < -0.4 is 8.92 Å². The van der Waals surface area contributed by atoms with Crippen molar-refractivity contribution >= 4 is 10.3 Å². The van der Waals surface area contributed by atoms with Gasteiger partial charge < -0.3 is 8.92 Å². The molecule has 2 heterocycles. The van der Waals surface area contributed by atoms with Gasteiger partial charge in [-0.1, -0.05) is 27.2 Å². The fourth-order valence-electron chi connectivity index (χ4n) is 3.98. The third kappa shape index (κ3) is 3.85. The van der Waals surface area contributed by atoms with Crippen LogP contribution in [0, 0.1) is 0 Å². The van der Waals surface area contributed by atoms with Gasteiger partial charge in [0.2, 0.25) is 0 Å². The summed E-state index contributed by atoms with van der Waals surface area (Å²) in [4.78, 5) is 2.42. The standard InChI is InChI=1S/C19H30N2O4S/c1-4-16-17-14-15(25-26(22,23)21(5-2)6-3)10-11-18(17)24-19(16)20-12-8-7-9-13-20/h10-11,14,16,19H,4-9,12-13H2,1-3H3. The Balaban J connectivity index is 1.81. The van der Waals surface area contributed by atoms with Gasteiger partial charge in [0, 0.05) is 37.7 Å². The summed E-state index contributed by atoms with van der Waals surface area (Å²) >= 11 is 0. The van der Waals surface area contributed by atoms with Crippen LogP contribution in [0.5, 0.6) is 11.5 Å². The monoisotopic (exact) mass is 382 g/mol. The predicted molar refractivity (Wildman–Crippen MR) is 102 cm³/mol. The lowest BCUT2D eigenvalue weighted by Crippen LogP contribution is -2.43. The topological polar surface area (TPSA) is 59.1 Å². The fraction of sp³-hybridized carbons (Fsp3) is 0.684. The lowest BCUT2D eigenvalue weighted by molar-refractivity contribution is 0.0104. The summed E-state index contributed by atoms with van der Waals surface area (Å²) in [7, 11) is -3.77. The lowest BCUT2D eigenvalue weighted by Gasteiger charge is -2.34. The van der Waals surface area contributed by atoms with E-state index in [0.29, 0.717) is 18.8 Å². The maximum atomic E-state index is 12.4. The van der Waals surface area contributed by atoms with Crippen molar-refractivity contribution < 1.29 is 17.3 Å². The molecule has 26 heavy (non-hydrogen) atoms. The third-order valence-electron chi connectivity index (χ3n) is 5.39. The number of rotatable bonds is 7. The first-order valence-electron chi connectivity index (χ1n) is 9.74. The number of piperidine rings is 1. The van der Waals surface area contributed by atoms with Crippen LogP contribution in [-0.4, -0.2) is 50.0 Å². The van der Waals surface area contributed by atoms with Crippen LogP contribution in [0.2, 0.25) is 0 Å². The van der Waals surface area contributed by atoms with E-state index in [-0.39, 0.29) is 12.1 Å². The van der Waals surface area contributed by atoms with E-state index < -0.39 is 10.3 Å². The molecule has 1 aromatic rings. The summed E-state index contributed by atoms with van der Waals surface area (Å²) in [6, 6.07) is 5.37. The summed E-state index contributed by atoms with van der Waals surface area (Å²) in [5.74, 6) is 1.44. The summed E-state index contributed by atoms with van der Waals surface area (Å²) < 4.78 is 37.7. The van der Waals surface area contributed by atoms with Crippen molar-refractivity contribution in [2.24, 2.45) is 0 Å². The van der Waals surface area contributed by atoms with Crippen LogP contribution in [0.15, 0.2) is 18.2 Å². The van der Waals surface area contributed by atoms with Gasteiger partial charge in [0.25, 0.3) is 0 Å². The van der Waals surface area contributed by atoms with Crippen molar-refractivity contribution in [2.75, 3.05) is 26.2 Å². The van der Waals surface area contributed by atoms with Crippen LogP contribution in [-0.2, 0) is 10.3 Å². The zero-order valence-corrected chi connectivity index (χ0v) is 16.8. The molecule has 1 aromatic carbocycles. The zero-order chi connectivity index (χ0) is 18.7. The molecule has 1 fully saturated rings. The maximum Gasteiger partial charge on any atom is 0.385 e. The second-order valence-corrected chi connectivity index (χ2v) is 8.48. The third-order valence-corrected chi connectivity index (χ3v) is 6.94. The molecule has 2 aliphatic heterocycles. The molecule has 0 N–H and O–H groups in total. The first-order chi connectivity index (χ1) is 12.5. The Bertz CT molecular complexity index is 712. The van der Waals surface area contributed by atoms with Crippen molar-refractivity contribution in [1.29, 1.82) is 0 Å². The number of benzene rings is 1. The molecule has 0 saturated carbocycles. The second-order valence-electron chi connectivity index (χ2n) is 6.94. The van der Waals surface area contributed by atoms with Crippen molar-refractivity contribution in [3.05, 3.63) is 23.8 Å². The van der Waals surface area contributed by atoms with Crippen LogP contribution in [0.4, 0.5) is 0 Å². The average Bonchev–Trinajstić information content (AvgIpc) is 3.00. The molecule has 146 valence electrons. The minimum absolute atomic E-state index is 0.0462. The Labute approximate surface area is 157 Å². The van der Waals surface area contributed by atoms with Gasteiger partial charge in [0.05, 0.1) is 0 Å². The Morgan fingerprint density at radius 1 is 1.15 bits per heavy atom. The highest BCUT2D eigenvalue weighted by atomic mass is 32.2. The quantitative estimate of drug-likeness (QED) is 0.724. The van der Waals surface area contributed by atoms with Gasteiger partial charge in [-0.15, -0.1) is 0 Å². The molecule has 7 heteroatoms. The predicted octanol–water partition coefficient (Wildman–Crippen LogP) is 3.35. The highest BCUT2D eigenvalue weighted by molar-refractivity contribution is 7.84. The normalized spacial score (nSPS) is 23.7. The molecule has 0 bridgehead atoms. The Morgan fingerprint density at radius 2 is 1.85 bits per heavy atom. The SMILES string of the molecule is CCC1c2cc(OS(=O)(=O)N(CC)CC)ccc2OC1N1CCCCC1. The van der Waals surface area contributed by atoms with E-state index in [9.17, 15) is 8.42 Å². The van der Waals surface area contributed by atoms with E-state index in [1.807, 2.05) is 12.1 Å². The highest BCUT2D eigenvalue weighted by Crippen LogP contribution is 2.43. The van der Waals surface area contributed by atoms with E-state index in [2.05, 4.69) is 11.8 Å². The van der Waals surface area contributed by atoms with Gasteiger partial charge in [-0.25, -0.2) is 0 Å². The minimum atomic E-state index is -3.77. The van der Waals surface area contributed by atoms with Gasteiger partial charge in [-0.2, -0.15) is 12.7 Å². The summed E-state index contributed by atoms with van der Waals surface area (Å²) in [6.45, 7) is 8.67. The summed E-state index contributed by atoms with van der Waals surface area (Å²) in [5.41, 5.74) is 1.05. The van der Waals surface area contributed by atoms with E-state index >= 15 is 0 Å². The van der Waals surface area contributed by atoms with Gasteiger partial charge >= 0.3 is 10.3 Å². The molecule has 2 aliphatic rings. The zero-order valence-electron chi connectivity index (χ0n) is 16.0. The second kappa shape index (κ2) is 8.15. The highest BCUT2D eigenvalue weighted by Gasteiger charge is 2.38. The van der Waals surface area contributed by atoms with E-state index in [1.54, 1.807) is 19.9 Å². The smallest absolute Gasteiger partial charge is 0.385 e. The minimum Gasteiger partial charge on any atom is -0.474 e. The van der Waals surface area contributed by atoms with Crippen molar-refractivity contribution in [3.63, 3.8) is 0 Å². The molecule has 3 rings (SSSR count). The molecule has 2 unspecified atom stereocenters. The number of hydrogen-bond acceptors (Lipinski definition) is 5. The Kier molecular flexibility index (Phi) is 6.10. The fourth-order valence-corrected chi connectivity index (χ4v) is 5.06. The number of nitrogens with zero attached hydrogens (tertiary/aromatic N) is 2. The largest absolute Gasteiger partial charge is 0.474 e. The average molecular weight is 383 g/mol. The van der Waals surface area contributed by atoms with Crippen molar-refractivity contribution in [3.8, 4) is 11.5 Å². The Morgan fingerprint density at radius 3 is 2.46 bits per heavy atom. The van der Waals surface area contributed by atoms with Gasteiger partial charge in [0.1, 0.15) is 11.5 Å². The van der Waals surface area contributed by atoms with Crippen molar-refractivity contribution in [1.82, 2.24) is 9.21 Å². The van der Waals surface area contributed by atoms with Gasteiger partial charge in [-0.3, -0.25) is 4.90 Å². The van der Waals surface area contributed by atoms with Gasteiger partial charge in [-0.05, 0) is 37.5 Å². The molecule has 0 spiro atoms. The first kappa shape index (κ1) is 19.5. The molecule has 0 radical (unpaired) electrons. The van der Waals surface area contributed by atoms with Crippen LogP contribution in [0.1, 0.15) is 57.9 Å². The molecule has 0 aliphatic carbocycles. The molecule has 1 saturated heterocycles. The van der Waals surface area contributed by atoms with Crippen LogP contribution in [0.25, 0.3) is 0 Å². The summed E-state index contributed by atoms with van der Waals surface area (Å²) in [5, 5.41) is 0. The van der Waals surface area contributed by atoms with Gasteiger partial charge in [0.15, 0.2) is 6.23 Å². The molecule has 2 atom stereocenters. The number of hydrogen-bond donors (Lipinski definition) is 0. The van der Waals surface area contributed by atoms with Crippen LogP contribution >= 0.6 is 0 Å². The number of ether oxygens (including phenoxy) is 1. The molecular formula is C19H30N2O4S. The first-order valence-corrected chi connectivity index (χ1v) is 11.1. The van der Waals surface area contributed by atoms with E-state index in [0.717, 1.165) is 30.8 Å². The maximum absolute atomic E-state index is 12.4.